The smallest absolute Gasteiger partial charge is 0.287 e. The summed E-state index contributed by atoms with van der Waals surface area (Å²) < 4.78 is 22.0. The molecular weight excluding hydrogens is 388 g/mol. The van der Waals surface area contributed by atoms with Gasteiger partial charge in [0.05, 0.1) is 26.9 Å². The molecule has 0 aliphatic carbocycles. The fourth-order valence-corrected chi connectivity index (χ4v) is 3.27. The Balaban J connectivity index is 1.33. The fourth-order valence-electron chi connectivity index (χ4n) is 3.27. The van der Waals surface area contributed by atoms with E-state index in [2.05, 4.69) is 20.2 Å². The first-order chi connectivity index (χ1) is 14.6. The molecule has 3 aromatic rings. The maximum atomic E-state index is 12.4. The van der Waals surface area contributed by atoms with E-state index < -0.39 is 0 Å². The van der Waals surface area contributed by atoms with E-state index in [9.17, 15) is 4.79 Å². The number of furan rings is 1. The van der Waals surface area contributed by atoms with Gasteiger partial charge in [0.2, 0.25) is 5.88 Å². The van der Waals surface area contributed by atoms with Crippen molar-refractivity contribution in [3.05, 3.63) is 41.9 Å². The van der Waals surface area contributed by atoms with Crippen molar-refractivity contribution in [3.63, 3.8) is 0 Å². The van der Waals surface area contributed by atoms with E-state index in [-0.39, 0.29) is 18.3 Å². The number of hydrogen-bond donors (Lipinski definition) is 1. The highest BCUT2D eigenvalue weighted by molar-refractivity contribution is 5.97. The highest BCUT2D eigenvalue weighted by Crippen LogP contribution is 2.28. The summed E-state index contributed by atoms with van der Waals surface area (Å²) in [5, 5.41) is 3.60. The number of methoxy groups -OCH3 is 1. The molecule has 1 aliphatic rings. The Hall–Kier alpha value is -3.33. The molecule has 0 spiro atoms. The number of rotatable bonds is 7. The maximum Gasteiger partial charge on any atom is 0.287 e. The molecule has 1 N–H and O–H groups in total. The molecule has 0 bridgehead atoms. The van der Waals surface area contributed by atoms with E-state index in [1.165, 1.54) is 0 Å². The van der Waals surface area contributed by atoms with Crippen molar-refractivity contribution in [2.45, 2.75) is 6.92 Å². The van der Waals surface area contributed by atoms with Crippen molar-refractivity contribution in [1.82, 2.24) is 15.3 Å². The molecule has 9 heteroatoms. The SMILES string of the molecule is COc1cccc2cc(C(=O)NCCOc3cc(N4CCOCC4)nc(C)n3)oc12. The summed E-state index contributed by atoms with van der Waals surface area (Å²) in [6.45, 7) is 5.34. The van der Waals surface area contributed by atoms with E-state index in [0.717, 1.165) is 24.3 Å². The van der Waals surface area contributed by atoms with Gasteiger partial charge in [-0.1, -0.05) is 12.1 Å². The van der Waals surface area contributed by atoms with Crippen LogP contribution in [0, 0.1) is 6.92 Å². The topological polar surface area (TPSA) is 99.0 Å². The Labute approximate surface area is 173 Å². The van der Waals surface area contributed by atoms with Gasteiger partial charge in [-0.15, -0.1) is 0 Å². The minimum absolute atomic E-state index is 0.224. The lowest BCUT2D eigenvalue weighted by Crippen LogP contribution is -2.37. The van der Waals surface area contributed by atoms with Crippen molar-refractivity contribution in [2.24, 2.45) is 0 Å². The number of aromatic nitrogens is 2. The zero-order valence-electron chi connectivity index (χ0n) is 17.0. The van der Waals surface area contributed by atoms with E-state index in [1.54, 1.807) is 19.2 Å². The van der Waals surface area contributed by atoms with Gasteiger partial charge < -0.3 is 28.8 Å². The Kier molecular flexibility index (Phi) is 5.99. The number of morpholine rings is 1. The van der Waals surface area contributed by atoms with Crippen LogP contribution in [0.5, 0.6) is 11.6 Å². The summed E-state index contributed by atoms with van der Waals surface area (Å²) in [7, 11) is 1.56. The normalized spacial score (nSPS) is 14.0. The average molecular weight is 412 g/mol. The molecule has 3 heterocycles. The van der Waals surface area contributed by atoms with Crippen molar-refractivity contribution < 1.29 is 23.4 Å². The first-order valence-corrected chi connectivity index (χ1v) is 9.80. The predicted molar refractivity (Wildman–Crippen MR) is 110 cm³/mol. The summed E-state index contributed by atoms with van der Waals surface area (Å²) >= 11 is 0. The molecule has 9 nitrogen and oxygen atoms in total. The molecule has 1 aromatic carbocycles. The third-order valence-electron chi connectivity index (χ3n) is 4.73. The van der Waals surface area contributed by atoms with E-state index >= 15 is 0 Å². The standard InChI is InChI=1S/C21H24N4O5/c1-14-23-18(25-7-10-28-11-8-25)13-19(24-14)29-9-6-22-21(26)17-12-15-4-3-5-16(27-2)20(15)30-17/h3-5,12-13H,6-11H2,1-2H3,(H,22,26). The number of benzene rings is 1. The number of para-hydroxylation sites is 1. The molecule has 1 amide bonds. The zero-order chi connectivity index (χ0) is 20.9. The van der Waals surface area contributed by atoms with Crippen LogP contribution < -0.4 is 19.7 Å². The molecule has 0 saturated carbocycles. The molecule has 1 fully saturated rings. The van der Waals surface area contributed by atoms with Crippen molar-refractivity contribution in [3.8, 4) is 11.6 Å². The summed E-state index contributed by atoms with van der Waals surface area (Å²) in [6, 6.07) is 9.00. The number of ether oxygens (including phenoxy) is 3. The number of carbonyl (C=O) groups excluding carboxylic acids is 1. The largest absolute Gasteiger partial charge is 0.493 e. The van der Waals surface area contributed by atoms with Gasteiger partial charge in [-0.25, -0.2) is 4.98 Å². The van der Waals surface area contributed by atoms with Crippen molar-refractivity contribution in [2.75, 3.05) is 51.5 Å². The third-order valence-corrected chi connectivity index (χ3v) is 4.73. The molecule has 2 aromatic heterocycles. The number of fused-ring (bicyclic) bond motifs is 1. The third kappa shape index (κ3) is 4.46. The minimum Gasteiger partial charge on any atom is -0.493 e. The van der Waals surface area contributed by atoms with Gasteiger partial charge in [0, 0.05) is 24.5 Å². The first kappa shape index (κ1) is 20.0. The summed E-state index contributed by atoms with van der Waals surface area (Å²) in [4.78, 5) is 23.3. The quantitative estimate of drug-likeness (QED) is 0.590. The number of carbonyl (C=O) groups is 1. The fraction of sp³-hybridized carbons (Fsp3) is 0.381. The second kappa shape index (κ2) is 9.00. The molecule has 30 heavy (non-hydrogen) atoms. The van der Waals surface area contributed by atoms with E-state index in [0.29, 0.717) is 42.8 Å². The van der Waals surface area contributed by atoms with Crippen LogP contribution in [0.1, 0.15) is 16.4 Å². The summed E-state index contributed by atoms with van der Waals surface area (Å²) in [6.07, 6.45) is 0. The number of amides is 1. The second-order valence-electron chi connectivity index (χ2n) is 6.80. The minimum atomic E-state index is -0.315. The van der Waals surface area contributed by atoms with Crippen LogP contribution in [-0.4, -0.2) is 62.4 Å². The van der Waals surface area contributed by atoms with Crippen LogP contribution in [0.3, 0.4) is 0 Å². The summed E-state index contributed by atoms with van der Waals surface area (Å²) in [5.41, 5.74) is 0.550. The zero-order valence-corrected chi connectivity index (χ0v) is 17.0. The van der Waals surface area contributed by atoms with Crippen molar-refractivity contribution in [1.29, 1.82) is 0 Å². The van der Waals surface area contributed by atoms with E-state index in [4.69, 9.17) is 18.6 Å². The van der Waals surface area contributed by atoms with Gasteiger partial charge in [0.25, 0.3) is 5.91 Å². The van der Waals surface area contributed by atoms with Crippen LogP contribution in [0.4, 0.5) is 5.82 Å². The Morgan fingerprint density at radius 3 is 2.87 bits per heavy atom. The monoisotopic (exact) mass is 412 g/mol. The number of nitrogens with one attached hydrogen (secondary N) is 1. The predicted octanol–water partition coefficient (Wildman–Crippen LogP) is 2.19. The lowest BCUT2D eigenvalue weighted by molar-refractivity contribution is 0.0921. The van der Waals surface area contributed by atoms with Crippen LogP contribution in [0.25, 0.3) is 11.0 Å². The second-order valence-corrected chi connectivity index (χ2v) is 6.80. The van der Waals surface area contributed by atoms with Gasteiger partial charge in [-0.3, -0.25) is 4.79 Å². The van der Waals surface area contributed by atoms with E-state index in [1.807, 2.05) is 25.1 Å². The lowest BCUT2D eigenvalue weighted by Gasteiger charge is -2.28. The van der Waals surface area contributed by atoms with Gasteiger partial charge in [0.1, 0.15) is 18.2 Å². The summed E-state index contributed by atoms with van der Waals surface area (Å²) in [5.74, 6) is 2.43. The average Bonchev–Trinajstić information content (AvgIpc) is 3.21. The maximum absolute atomic E-state index is 12.4. The Morgan fingerprint density at radius 2 is 2.07 bits per heavy atom. The van der Waals surface area contributed by atoms with Gasteiger partial charge in [0.15, 0.2) is 17.1 Å². The van der Waals surface area contributed by atoms with Crippen LogP contribution in [-0.2, 0) is 4.74 Å². The van der Waals surface area contributed by atoms with Crippen LogP contribution >= 0.6 is 0 Å². The number of anilines is 1. The van der Waals surface area contributed by atoms with Gasteiger partial charge in [-0.2, -0.15) is 4.98 Å². The highest BCUT2D eigenvalue weighted by Gasteiger charge is 2.16. The molecule has 1 saturated heterocycles. The molecule has 1 aliphatic heterocycles. The highest BCUT2D eigenvalue weighted by atomic mass is 16.5. The number of hydrogen-bond acceptors (Lipinski definition) is 8. The molecule has 0 unspecified atom stereocenters. The Morgan fingerprint density at radius 1 is 1.23 bits per heavy atom. The van der Waals surface area contributed by atoms with Gasteiger partial charge in [-0.05, 0) is 19.1 Å². The number of nitrogens with zero attached hydrogens (tertiary/aromatic N) is 3. The molecule has 158 valence electrons. The Bertz CT molecular complexity index is 1030. The van der Waals surface area contributed by atoms with Crippen molar-refractivity contribution >= 4 is 22.7 Å². The molecule has 0 radical (unpaired) electrons. The molecular formula is C21H24N4O5. The lowest BCUT2D eigenvalue weighted by atomic mass is 10.2. The van der Waals surface area contributed by atoms with Gasteiger partial charge >= 0.3 is 0 Å². The number of aryl methyl sites for hydroxylation is 1. The molecule has 4 rings (SSSR count). The van der Waals surface area contributed by atoms with Crippen LogP contribution in [0.15, 0.2) is 34.7 Å². The molecule has 0 atom stereocenters. The van der Waals surface area contributed by atoms with Crippen LogP contribution in [0.2, 0.25) is 0 Å². The first-order valence-electron chi connectivity index (χ1n) is 9.80.